The van der Waals surface area contributed by atoms with Crippen LogP contribution < -0.4 is 5.73 Å². The van der Waals surface area contributed by atoms with Gasteiger partial charge in [-0.15, -0.1) is 0 Å². The largest absolute Gasteiger partial charge is 0.390 e. The Kier molecular flexibility index (Phi) is 1.27. The Hall–Kier alpha value is -0.120. The van der Waals surface area contributed by atoms with E-state index >= 15 is 0 Å². The van der Waals surface area contributed by atoms with Gasteiger partial charge >= 0.3 is 0 Å². The molecule has 0 amide bonds. The number of aliphatic hydroxyl groups excluding tert-OH is 2. The highest BCUT2D eigenvalue weighted by Gasteiger charge is 2.51. The molecule has 2 rings (SSSR count). The van der Waals surface area contributed by atoms with Crippen molar-refractivity contribution in [1.29, 1.82) is 0 Å². The third-order valence-corrected chi connectivity index (χ3v) is 3.05. The number of hydrogen-bond donors (Lipinski definition) is 3. The van der Waals surface area contributed by atoms with E-state index in [4.69, 9.17) is 5.73 Å². The molecule has 2 unspecified atom stereocenters. The Morgan fingerprint density at radius 1 is 1.00 bits per heavy atom. The number of nitrogens with two attached hydrogens (primary N) is 1. The van der Waals surface area contributed by atoms with Gasteiger partial charge in [0.05, 0.1) is 12.2 Å². The second-order valence-electron chi connectivity index (χ2n) is 3.46. The predicted molar refractivity (Wildman–Crippen MR) is 36.2 cm³/mol. The molecule has 10 heavy (non-hydrogen) atoms. The summed E-state index contributed by atoms with van der Waals surface area (Å²) in [6.45, 7) is 0. The fourth-order valence-electron chi connectivity index (χ4n) is 2.39. The van der Waals surface area contributed by atoms with Crippen molar-refractivity contribution >= 4 is 0 Å². The number of hydrogen-bond acceptors (Lipinski definition) is 3. The average Bonchev–Trinajstić information content (AvgIpc) is 2.34. The van der Waals surface area contributed by atoms with Gasteiger partial charge in [0.15, 0.2) is 0 Å². The van der Waals surface area contributed by atoms with E-state index in [1.54, 1.807) is 0 Å². The van der Waals surface area contributed by atoms with E-state index in [9.17, 15) is 10.2 Å². The van der Waals surface area contributed by atoms with Gasteiger partial charge in [-0.3, -0.25) is 0 Å². The number of rotatable bonds is 0. The number of fused-ring (bicyclic) bond motifs is 2. The standard InChI is InChI=1S/C7H13NO2/c8-5-3-1-2-4(5)7(10)6(3)9/h3-7,9-10H,1-2,8H2/t3-,4?,5+,6?,7+/m0/s1. The monoisotopic (exact) mass is 143 g/mol. The summed E-state index contributed by atoms with van der Waals surface area (Å²) in [5.74, 6) is 0.333. The molecule has 2 saturated carbocycles. The normalized spacial score (nSPS) is 59.7. The van der Waals surface area contributed by atoms with Gasteiger partial charge in [-0.1, -0.05) is 0 Å². The van der Waals surface area contributed by atoms with Crippen molar-refractivity contribution in [1.82, 2.24) is 0 Å². The maximum Gasteiger partial charge on any atom is 0.0845 e. The molecule has 2 bridgehead atoms. The second-order valence-corrected chi connectivity index (χ2v) is 3.46. The van der Waals surface area contributed by atoms with Crippen molar-refractivity contribution in [2.45, 2.75) is 31.1 Å². The highest BCUT2D eigenvalue weighted by atomic mass is 16.3. The molecule has 5 atom stereocenters. The van der Waals surface area contributed by atoms with Crippen molar-refractivity contribution in [2.24, 2.45) is 17.6 Å². The highest BCUT2D eigenvalue weighted by molar-refractivity contribution is 5.05. The van der Waals surface area contributed by atoms with Gasteiger partial charge < -0.3 is 15.9 Å². The van der Waals surface area contributed by atoms with Gasteiger partial charge in [-0.25, -0.2) is 0 Å². The topological polar surface area (TPSA) is 66.5 Å². The van der Waals surface area contributed by atoms with E-state index in [2.05, 4.69) is 0 Å². The zero-order valence-electron chi connectivity index (χ0n) is 5.77. The Balaban J connectivity index is 2.21. The van der Waals surface area contributed by atoms with Crippen LogP contribution in [0.4, 0.5) is 0 Å². The summed E-state index contributed by atoms with van der Waals surface area (Å²) in [4.78, 5) is 0. The maximum absolute atomic E-state index is 9.33. The van der Waals surface area contributed by atoms with Crippen molar-refractivity contribution in [2.75, 3.05) is 0 Å². The number of aliphatic hydroxyl groups is 2. The molecule has 2 aliphatic rings. The molecule has 0 heterocycles. The molecule has 0 aromatic carbocycles. The first-order valence-corrected chi connectivity index (χ1v) is 3.83. The van der Waals surface area contributed by atoms with Crippen molar-refractivity contribution in [3.63, 3.8) is 0 Å². The van der Waals surface area contributed by atoms with Crippen LogP contribution >= 0.6 is 0 Å². The Labute approximate surface area is 59.8 Å². The molecule has 3 heteroatoms. The Morgan fingerprint density at radius 2 is 1.40 bits per heavy atom. The Morgan fingerprint density at radius 3 is 1.60 bits per heavy atom. The van der Waals surface area contributed by atoms with Crippen LogP contribution in [0.3, 0.4) is 0 Å². The summed E-state index contributed by atoms with van der Waals surface area (Å²) < 4.78 is 0. The van der Waals surface area contributed by atoms with E-state index in [0.717, 1.165) is 12.8 Å². The molecule has 0 aromatic rings. The quantitative estimate of drug-likeness (QED) is 0.410. The summed E-state index contributed by atoms with van der Waals surface area (Å²) in [7, 11) is 0. The third-order valence-electron chi connectivity index (χ3n) is 3.05. The summed E-state index contributed by atoms with van der Waals surface area (Å²) in [5.41, 5.74) is 5.75. The van der Waals surface area contributed by atoms with E-state index in [1.807, 2.05) is 0 Å². The van der Waals surface area contributed by atoms with Crippen LogP contribution in [0.1, 0.15) is 12.8 Å². The highest BCUT2D eigenvalue weighted by Crippen LogP contribution is 2.43. The smallest absolute Gasteiger partial charge is 0.0845 e. The van der Waals surface area contributed by atoms with Gasteiger partial charge in [0.25, 0.3) is 0 Å². The fourth-order valence-corrected chi connectivity index (χ4v) is 2.39. The zero-order valence-corrected chi connectivity index (χ0v) is 5.77. The van der Waals surface area contributed by atoms with Crippen molar-refractivity contribution < 1.29 is 10.2 Å². The van der Waals surface area contributed by atoms with Gasteiger partial charge in [0.1, 0.15) is 0 Å². The van der Waals surface area contributed by atoms with Gasteiger partial charge in [-0.2, -0.15) is 0 Å². The maximum atomic E-state index is 9.33. The summed E-state index contributed by atoms with van der Waals surface area (Å²) in [5, 5.41) is 18.7. The van der Waals surface area contributed by atoms with Crippen molar-refractivity contribution in [3.05, 3.63) is 0 Å². The second kappa shape index (κ2) is 1.94. The Bertz CT molecular complexity index is 127. The molecule has 4 N–H and O–H groups in total. The lowest BCUT2D eigenvalue weighted by molar-refractivity contribution is -0.0160. The minimum absolute atomic E-state index is 0.0463. The molecule has 0 radical (unpaired) electrons. The average molecular weight is 143 g/mol. The first-order chi connectivity index (χ1) is 4.72. The molecule has 2 fully saturated rings. The molecular formula is C7H13NO2. The van der Waals surface area contributed by atoms with Crippen LogP contribution in [0.5, 0.6) is 0 Å². The van der Waals surface area contributed by atoms with Crippen LogP contribution in [0.25, 0.3) is 0 Å². The molecule has 0 aliphatic heterocycles. The lowest BCUT2D eigenvalue weighted by Crippen LogP contribution is -2.31. The molecule has 3 nitrogen and oxygen atoms in total. The van der Waals surface area contributed by atoms with Crippen LogP contribution in [0.2, 0.25) is 0 Å². The molecular weight excluding hydrogens is 130 g/mol. The molecule has 58 valence electrons. The molecule has 0 saturated heterocycles. The predicted octanol–water partition coefficient (Wildman–Crippen LogP) is -0.925. The molecule has 0 aromatic heterocycles. The third kappa shape index (κ3) is 0.603. The van der Waals surface area contributed by atoms with Crippen molar-refractivity contribution in [3.8, 4) is 0 Å². The minimum atomic E-state index is -0.547. The van der Waals surface area contributed by atoms with Gasteiger partial charge in [0.2, 0.25) is 0 Å². The van der Waals surface area contributed by atoms with E-state index in [-0.39, 0.29) is 17.9 Å². The molecule has 2 aliphatic carbocycles. The van der Waals surface area contributed by atoms with Gasteiger partial charge in [-0.05, 0) is 12.8 Å². The summed E-state index contributed by atoms with van der Waals surface area (Å²) >= 11 is 0. The first-order valence-electron chi connectivity index (χ1n) is 3.83. The van der Waals surface area contributed by atoms with E-state index < -0.39 is 12.2 Å². The minimum Gasteiger partial charge on any atom is -0.390 e. The lowest BCUT2D eigenvalue weighted by Gasteiger charge is -2.21. The SMILES string of the molecule is N[C@H]1C2CC[C@@H]1C(O)[C@@H]2O. The van der Waals surface area contributed by atoms with E-state index in [0.29, 0.717) is 0 Å². The zero-order chi connectivity index (χ0) is 7.30. The fraction of sp³-hybridized carbons (Fsp3) is 1.00. The van der Waals surface area contributed by atoms with Crippen LogP contribution in [0, 0.1) is 11.8 Å². The van der Waals surface area contributed by atoms with Crippen LogP contribution in [-0.4, -0.2) is 28.5 Å². The molecule has 0 spiro atoms. The lowest BCUT2D eigenvalue weighted by atomic mass is 9.95. The van der Waals surface area contributed by atoms with E-state index in [1.165, 1.54) is 0 Å². The van der Waals surface area contributed by atoms with Crippen LogP contribution in [-0.2, 0) is 0 Å². The van der Waals surface area contributed by atoms with Crippen LogP contribution in [0.15, 0.2) is 0 Å². The summed E-state index contributed by atoms with van der Waals surface area (Å²) in [6.07, 6.45) is 0.885. The van der Waals surface area contributed by atoms with Gasteiger partial charge in [0, 0.05) is 17.9 Å². The first kappa shape index (κ1) is 6.58. The summed E-state index contributed by atoms with van der Waals surface area (Å²) in [6, 6.07) is 0.0463.